The van der Waals surface area contributed by atoms with Gasteiger partial charge in [-0.1, -0.05) is 426 Å². The monoisotopic (exact) mass is 1680 g/mol. The molecule has 5 nitrogen and oxygen atoms in total. The topological polar surface area (TPSA) is 60.7 Å². The van der Waals surface area contributed by atoms with Crippen molar-refractivity contribution in [1.29, 1.82) is 0 Å². The van der Waals surface area contributed by atoms with Gasteiger partial charge in [0.2, 0.25) is 5.95 Å². The summed E-state index contributed by atoms with van der Waals surface area (Å²) in [5.41, 5.74) is 37.1. The number of carbonyl (C=O) groups excluding carboxylic acids is 1. The lowest BCUT2D eigenvalue weighted by atomic mass is 9.70. The standard InChI is InChI=1S/C51H30O.C40H26.C36H26N4/c52-49(31-25-27-39-37-17-5-11-23-45(37)50(47(39)29-31)41-19-7-1-13-33(41)34-14-2-8-20-42(34)50)32-26-28-40-38-18-6-12-24-46(38)51(48(40)30-32)43-21-9-3-15-35(43)36-16-4-10-22-44(36)51;1-2-9-28-22-31(17-16-27(28)8-1)33-21-20-32-23-30(18-19-34(32)24-33)29-11-7-12-35(25-29)40-26-36-10-3-4-13-37(36)38-14-5-6-15-39(38)40;1-36(2)29-19-11-9-17-25(29)27-21-22-28-26-18-10-12-20-30(26)40(32(28)31(27)36)35-38-33(23-13-5-3-6-14-23)37-34(39-35)24-15-7-4-8-16-24/h1-30H;1-26H;3-22H,1-2H3. The molecule has 21 aromatic carbocycles. The van der Waals surface area contributed by atoms with Crippen LogP contribution in [-0.4, -0.2) is 25.3 Å². The molecular formula is C127H82N4O. The van der Waals surface area contributed by atoms with Gasteiger partial charge in [0.05, 0.1) is 21.9 Å². The molecule has 0 unspecified atom stereocenters. The van der Waals surface area contributed by atoms with Crippen molar-refractivity contribution in [1.82, 2.24) is 19.5 Å². The fourth-order valence-electron chi connectivity index (χ4n) is 23.2. The van der Waals surface area contributed by atoms with E-state index in [4.69, 9.17) is 15.0 Å². The Morgan fingerprint density at radius 2 is 0.576 bits per heavy atom. The predicted molar refractivity (Wildman–Crippen MR) is 544 cm³/mol. The molecule has 2 heterocycles. The van der Waals surface area contributed by atoms with E-state index in [-0.39, 0.29) is 11.2 Å². The minimum Gasteiger partial charge on any atom is -0.289 e. The molecule has 0 saturated carbocycles. The van der Waals surface area contributed by atoms with Crippen molar-refractivity contribution in [2.75, 3.05) is 0 Å². The van der Waals surface area contributed by atoms with Gasteiger partial charge in [0.1, 0.15) is 0 Å². The fourth-order valence-corrected chi connectivity index (χ4v) is 23.2. The first-order valence-corrected chi connectivity index (χ1v) is 45.6. The number of ketones is 1. The first-order chi connectivity index (χ1) is 65.1. The summed E-state index contributed by atoms with van der Waals surface area (Å²) < 4.78 is 2.26. The van der Waals surface area contributed by atoms with Crippen LogP contribution < -0.4 is 0 Å². The highest BCUT2D eigenvalue weighted by molar-refractivity contribution is 6.16. The largest absolute Gasteiger partial charge is 0.289 e. The van der Waals surface area contributed by atoms with Crippen LogP contribution >= 0.6 is 0 Å². The molecule has 5 heteroatoms. The number of hydrogen-bond acceptors (Lipinski definition) is 4. The molecule has 0 bridgehead atoms. The minimum atomic E-state index is -0.490. The smallest absolute Gasteiger partial charge is 0.238 e. The maximum absolute atomic E-state index is 15.0. The van der Waals surface area contributed by atoms with Crippen LogP contribution in [0.5, 0.6) is 0 Å². The zero-order valence-corrected chi connectivity index (χ0v) is 72.6. The molecule has 0 saturated heterocycles. The van der Waals surface area contributed by atoms with Gasteiger partial charge in [0, 0.05) is 38.4 Å². The van der Waals surface area contributed by atoms with Gasteiger partial charge in [-0.05, 0) is 236 Å². The van der Waals surface area contributed by atoms with E-state index in [0.717, 1.165) is 22.2 Å². The summed E-state index contributed by atoms with van der Waals surface area (Å²) in [6, 6.07) is 166. The molecule has 0 aliphatic heterocycles. The lowest BCUT2D eigenvalue weighted by Crippen LogP contribution is -2.26. The molecule has 28 rings (SSSR count). The lowest BCUT2D eigenvalue weighted by Gasteiger charge is -2.31. The van der Waals surface area contributed by atoms with E-state index in [1.165, 1.54) is 199 Å². The van der Waals surface area contributed by atoms with Crippen molar-refractivity contribution in [3.63, 3.8) is 0 Å². The average molecular weight is 1680 g/mol. The van der Waals surface area contributed by atoms with Crippen LogP contribution in [-0.2, 0) is 16.2 Å². The van der Waals surface area contributed by atoms with Crippen LogP contribution in [0.4, 0.5) is 0 Å². The SMILES string of the molecule is CC1(C)c2ccccc2-c2ccc3c4ccccc4n(-c4nc(-c5ccccc5)nc(-c5ccccc5)n4)c3c21.O=C(c1ccc2c(c1)C1(c3ccccc3-c3ccccc31)c1ccccc1-2)c1ccc2c(c1)C1(c3ccccc3-c3ccccc31)c1ccccc1-2.c1cc(-c2ccc3cc(-c4ccc5ccccc5c4)ccc3c2)cc(-c2cc3ccccc3c3ccccc23)c1. The molecular weight excluding hydrogens is 1600 g/mol. The summed E-state index contributed by atoms with van der Waals surface area (Å²) in [5.74, 6) is 1.98. The predicted octanol–water partition coefficient (Wildman–Crippen LogP) is 31.5. The van der Waals surface area contributed by atoms with Crippen molar-refractivity contribution < 1.29 is 4.79 Å². The molecule has 616 valence electrons. The van der Waals surface area contributed by atoms with E-state index in [0.29, 0.717) is 28.7 Å². The molecule has 0 fully saturated rings. The molecule has 5 aliphatic carbocycles. The normalized spacial score (nSPS) is 13.4. The maximum atomic E-state index is 15.0. The summed E-state index contributed by atoms with van der Waals surface area (Å²) in [6.07, 6.45) is 0. The summed E-state index contributed by atoms with van der Waals surface area (Å²) >= 11 is 0. The van der Waals surface area contributed by atoms with Gasteiger partial charge in [0.15, 0.2) is 17.4 Å². The zero-order valence-electron chi connectivity index (χ0n) is 72.6. The molecule has 0 amide bonds. The number of rotatable bonds is 8. The van der Waals surface area contributed by atoms with Crippen LogP contribution in [0, 0.1) is 0 Å². The second-order valence-electron chi connectivity index (χ2n) is 36.2. The number of aromatic nitrogens is 4. The van der Waals surface area contributed by atoms with Crippen LogP contribution in [0.3, 0.4) is 0 Å². The Labute approximate surface area is 765 Å². The quantitative estimate of drug-likeness (QED) is 0.112. The number of benzene rings is 21. The highest BCUT2D eigenvalue weighted by atomic mass is 16.1. The van der Waals surface area contributed by atoms with E-state index in [9.17, 15) is 4.79 Å². The molecule has 2 spiro atoms. The number of fused-ring (bicyclic) bond motifs is 32. The van der Waals surface area contributed by atoms with Gasteiger partial charge < -0.3 is 0 Å². The van der Waals surface area contributed by atoms with Crippen LogP contribution in [0.25, 0.3) is 183 Å². The summed E-state index contributed by atoms with van der Waals surface area (Å²) in [5, 5.41) is 12.6. The molecule has 2 aromatic heterocycles. The highest BCUT2D eigenvalue weighted by Gasteiger charge is 2.54. The van der Waals surface area contributed by atoms with Crippen LogP contribution in [0.1, 0.15) is 85.4 Å². The zero-order chi connectivity index (χ0) is 87.5. The van der Waals surface area contributed by atoms with Gasteiger partial charge >= 0.3 is 0 Å². The average Bonchev–Trinajstić information content (AvgIpc) is 1.51. The Balaban J connectivity index is 0.000000105. The third kappa shape index (κ3) is 11.5. The van der Waals surface area contributed by atoms with Crippen LogP contribution in [0.15, 0.2) is 461 Å². The number of nitrogens with zero attached hydrogens (tertiary/aromatic N) is 4. The fraction of sp³-hybridized carbons (Fsp3) is 0.0394. The number of carbonyl (C=O) groups is 1. The Morgan fingerprint density at radius 3 is 1.08 bits per heavy atom. The van der Waals surface area contributed by atoms with Crippen molar-refractivity contribution in [2.24, 2.45) is 0 Å². The number of para-hydroxylation sites is 1. The van der Waals surface area contributed by atoms with E-state index < -0.39 is 10.8 Å². The van der Waals surface area contributed by atoms with Crippen molar-refractivity contribution in [2.45, 2.75) is 30.1 Å². The van der Waals surface area contributed by atoms with Gasteiger partial charge in [-0.3, -0.25) is 9.36 Å². The first kappa shape index (κ1) is 76.4. The lowest BCUT2D eigenvalue weighted by molar-refractivity contribution is 0.103. The highest BCUT2D eigenvalue weighted by Crippen LogP contribution is 2.65. The van der Waals surface area contributed by atoms with Gasteiger partial charge in [-0.15, -0.1) is 0 Å². The second-order valence-corrected chi connectivity index (χ2v) is 36.2. The summed E-state index contributed by atoms with van der Waals surface area (Å²) in [4.78, 5) is 30.2. The Morgan fingerprint density at radius 1 is 0.220 bits per heavy atom. The first-order valence-electron chi connectivity index (χ1n) is 45.6. The van der Waals surface area contributed by atoms with Crippen LogP contribution in [0.2, 0.25) is 0 Å². The Kier molecular flexibility index (Phi) is 17.3. The molecule has 132 heavy (non-hydrogen) atoms. The summed E-state index contributed by atoms with van der Waals surface area (Å²) in [6.45, 7) is 4.66. The van der Waals surface area contributed by atoms with E-state index in [2.05, 4.69) is 431 Å². The maximum Gasteiger partial charge on any atom is 0.238 e. The third-order valence-corrected chi connectivity index (χ3v) is 29.0. The third-order valence-electron chi connectivity index (χ3n) is 29.0. The summed E-state index contributed by atoms with van der Waals surface area (Å²) in [7, 11) is 0. The number of hydrogen-bond donors (Lipinski definition) is 0. The Bertz CT molecular complexity index is 8410. The molecule has 0 atom stereocenters. The second kappa shape index (κ2) is 29.9. The van der Waals surface area contributed by atoms with Crippen molar-refractivity contribution in [3.05, 3.63) is 528 Å². The van der Waals surface area contributed by atoms with E-state index in [1.807, 2.05) is 48.5 Å². The van der Waals surface area contributed by atoms with Crippen molar-refractivity contribution >= 4 is 70.7 Å². The van der Waals surface area contributed by atoms with Crippen molar-refractivity contribution in [3.8, 4) is 118 Å². The van der Waals surface area contributed by atoms with Gasteiger partial charge in [0.25, 0.3) is 0 Å². The molecule has 23 aromatic rings. The van der Waals surface area contributed by atoms with Gasteiger partial charge in [-0.2, -0.15) is 9.97 Å². The Hall–Kier alpha value is -16.9. The van der Waals surface area contributed by atoms with E-state index >= 15 is 0 Å². The molecule has 5 aliphatic rings. The van der Waals surface area contributed by atoms with Gasteiger partial charge in [-0.25, -0.2) is 4.98 Å². The molecule has 0 radical (unpaired) electrons. The van der Waals surface area contributed by atoms with E-state index in [1.54, 1.807) is 0 Å². The minimum absolute atomic E-state index is 0.0435. The molecule has 0 N–H and O–H groups in total.